The molecule has 2 aromatic rings. The van der Waals surface area contributed by atoms with E-state index in [1.807, 2.05) is 6.07 Å². The highest BCUT2D eigenvalue weighted by Gasteiger charge is 2.48. The first kappa shape index (κ1) is 26.8. The number of aryl methyl sites for hydroxylation is 4. The van der Waals surface area contributed by atoms with E-state index in [4.69, 9.17) is 0 Å². The summed E-state index contributed by atoms with van der Waals surface area (Å²) in [5.41, 5.74) is 1.47. The van der Waals surface area contributed by atoms with Crippen molar-refractivity contribution in [1.29, 1.82) is 0 Å². The third-order valence-corrected chi connectivity index (χ3v) is 11.9. The van der Waals surface area contributed by atoms with E-state index in [0.717, 1.165) is 15.4 Å². The molecule has 0 amide bonds. The van der Waals surface area contributed by atoms with Gasteiger partial charge in [0.2, 0.25) is 20.0 Å². The highest BCUT2D eigenvalue weighted by molar-refractivity contribution is 7.92. The molecule has 1 N–H and O–H groups in total. The lowest BCUT2D eigenvalue weighted by Crippen LogP contribution is -2.53. The first-order chi connectivity index (χ1) is 15.6. The molecule has 2 aromatic carbocycles. The molecular formula is C23H32N2O6S3. The molecule has 1 fully saturated rings. The summed E-state index contributed by atoms with van der Waals surface area (Å²) < 4.78 is 81.7. The summed E-state index contributed by atoms with van der Waals surface area (Å²) in [6.07, 6.45) is 0.142. The van der Waals surface area contributed by atoms with Crippen molar-refractivity contribution in [2.45, 2.75) is 56.4 Å². The quantitative estimate of drug-likeness (QED) is 0.562. The fraction of sp³-hybridized carbons (Fsp3) is 0.478. The molecule has 1 saturated heterocycles. The van der Waals surface area contributed by atoms with E-state index in [9.17, 15) is 25.3 Å². The summed E-state index contributed by atoms with van der Waals surface area (Å²) >= 11 is 0. The van der Waals surface area contributed by atoms with Crippen molar-refractivity contribution in [3.05, 3.63) is 58.7 Å². The molecule has 8 nitrogen and oxygen atoms in total. The summed E-state index contributed by atoms with van der Waals surface area (Å²) in [7, 11) is -11.4. The fourth-order valence-corrected chi connectivity index (χ4v) is 10.0. The van der Waals surface area contributed by atoms with Crippen LogP contribution < -0.4 is 4.72 Å². The van der Waals surface area contributed by atoms with Crippen molar-refractivity contribution < 1.29 is 25.3 Å². The second-order valence-electron chi connectivity index (χ2n) is 9.35. The number of sulfone groups is 1. The van der Waals surface area contributed by atoms with Crippen LogP contribution in [0.5, 0.6) is 0 Å². The highest BCUT2D eigenvalue weighted by Crippen LogP contribution is 2.35. The molecule has 0 aromatic heterocycles. The van der Waals surface area contributed by atoms with Gasteiger partial charge in [0.1, 0.15) is 0 Å². The van der Waals surface area contributed by atoms with E-state index in [1.165, 1.54) is 0 Å². The van der Waals surface area contributed by atoms with Crippen LogP contribution in [0.4, 0.5) is 0 Å². The molecule has 0 unspecified atom stereocenters. The minimum absolute atomic E-state index is 0.0930. The van der Waals surface area contributed by atoms with Gasteiger partial charge in [-0.25, -0.2) is 30.0 Å². The van der Waals surface area contributed by atoms with Crippen LogP contribution in [0.15, 0.2) is 46.2 Å². The van der Waals surface area contributed by atoms with Crippen LogP contribution in [-0.2, 0) is 29.9 Å². The van der Waals surface area contributed by atoms with Gasteiger partial charge in [-0.15, -0.1) is 0 Å². The zero-order valence-corrected chi connectivity index (χ0v) is 22.6. The predicted octanol–water partition coefficient (Wildman–Crippen LogP) is 2.47. The van der Waals surface area contributed by atoms with Crippen molar-refractivity contribution >= 4 is 29.9 Å². The number of rotatable bonds is 8. The van der Waals surface area contributed by atoms with Crippen LogP contribution in [0.2, 0.25) is 0 Å². The zero-order valence-electron chi connectivity index (χ0n) is 20.1. The summed E-state index contributed by atoms with van der Waals surface area (Å²) in [4.78, 5) is 0.224. The molecule has 1 aliphatic rings. The topological polar surface area (TPSA) is 118 Å². The molecule has 34 heavy (non-hydrogen) atoms. The van der Waals surface area contributed by atoms with E-state index < -0.39 is 35.4 Å². The van der Waals surface area contributed by atoms with Gasteiger partial charge < -0.3 is 0 Å². The lowest BCUT2D eigenvalue weighted by Gasteiger charge is -2.37. The molecule has 0 aliphatic carbocycles. The van der Waals surface area contributed by atoms with Crippen molar-refractivity contribution in [2.75, 3.05) is 24.6 Å². The molecule has 11 heteroatoms. The van der Waals surface area contributed by atoms with Crippen LogP contribution in [0, 0.1) is 27.7 Å². The predicted molar refractivity (Wildman–Crippen MR) is 133 cm³/mol. The minimum Gasteiger partial charge on any atom is -0.229 e. The van der Waals surface area contributed by atoms with Gasteiger partial charge in [-0.2, -0.15) is 4.31 Å². The normalized spacial score (nSPS) is 20.6. The van der Waals surface area contributed by atoms with Crippen molar-refractivity contribution in [2.24, 2.45) is 0 Å². The highest BCUT2D eigenvalue weighted by atomic mass is 32.2. The number of nitrogens with zero attached hydrogens (tertiary/aromatic N) is 1. The SMILES string of the molecule is Cc1ccc(C)c(S(=O)(=O)NCCN([C@@]2(C)CCS(=O)(=O)C2)S(=O)(=O)c2cc(C)ccc2C)c1. The van der Waals surface area contributed by atoms with E-state index >= 15 is 0 Å². The zero-order chi connectivity index (χ0) is 25.5. The number of nitrogens with one attached hydrogen (secondary N) is 1. The molecule has 0 saturated carbocycles. The smallest absolute Gasteiger partial charge is 0.229 e. The van der Waals surface area contributed by atoms with Crippen LogP contribution in [0.1, 0.15) is 35.6 Å². The Morgan fingerprint density at radius 2 is 1.44 bits per heavy atom. The second kappa shape index (κ2) is 9.34. The van der Waals surface area contributed by atoms with E-state index in [2.05, 4.69) is 4.72 Å². The summed E-state index contributed by atoms with van der Waals surface area (Å²) in [6.45, 7) is 8.15. The first-order valence-electron chi connectivity index (χ1n) is 10.9. The van der Waals surface area contributed by atoms with Crippen molar-refractivity contribution in [1.82, 2.24) is 9.03 Å². The van der Waals surface area contributed by atoms with Crippen LogP contribution in [-0.4, -0.2) is 59.7 Å². The summed E-state index contributed by atoms with van der Waals surface area (Å²) in [6, 6.07) is 10.2. The number of hydrogen-bond donors (Lipinski definition) is 1. The third kappa shape index (κ3) is 5.54. The van der Waals surface area contributed by atoms with Gasteiger partial charge in [0.05, 0.1) is 21.3 Å². The van der Waals surface area contributed by atoms with Crippen LogP contribution >= 0.6 is 0 Å². The molecule has 3 rings (SSSR count). The van der Waals surface area contributed by atoms with Gasteiger partial charge in [-0.1, -0.05) is 24.3 Å². The Hall–Kier alpha value is -1.79. The molecule has 0 spiro atoms. The van der Waals surface area contributed by atoms with Crippen molar-refractivity contribution in [3.63, 3.8) is 0 Å². The second-order valence-corrected chi connectivity index (χ2v) is 15.1. The largest absolute Gasteiger partial charge is 0.243 e. The summed E-state index contributed by atoms with van der Waals surface area (Å²) in [5.74, 6) is -0.426. The molecule has 0 bridgehead atoms. The lowest BCUT2D eigenvalue weighted by molar-refractivity contribution is 0.236. The van der Waals surface area contributed by atoms with Gasteiger partial charge in [0, 0.05) is 18.6 Å². The Labute approximate surface area is 203 Å². The summed E-state index contributed by atoms with van der Waals surface area (Å²) in [5, 5.41) is 0. The fourth-order valence-electron chi connectivity index (χ4n) is 4.33. The molecule has 188 valence electrons. The lowest BCUT2D eigenvalue weighted by atomic mass is 10.0. The molecule has 1 aliphatic heterocycles. The molecular weight excluding hydrogens is 496 g/mol. The monoisotopic (exact) mass is 528 g/mol. The maximum absolute atomic E-state index is 13.8. The van der Waals surface area contributed by atoms with E-state index in [-0.39, 0.29) is 40.8 Å². The number of sulfonamides is 2. The van der Waals surface area contributed by atoms with Gasteiger partial charge in [-0.05, 0) is 75.4 Å². The number of hydrogen-bond acceptors (Lipinski definition) is 6. The maximum atomic E-state index is 13.8. The van der Waals surface area contributed by atoms with Gasteiger partial charge in [-0.3, -0.25) is 0 Å². The number of benzene rings is 2. The first-order valence-corrected chi connectivity index (χ1v) is 15.7. The molecule has 0 radical (unpaired) electrons. The molecule has 1 atom stereocenters. The third-order valence-electron chi connectivity index (χ3n) is 6.24. The Bertz CT molecular complexity index is 1420. The Morgan fingerprint density at radius 3 is 1.97 bits per heavy atom. The van der Waals surface area contributed by atoms with Gasteiger partial charge in [0.15, 0.2) is 9.84 Å². The Balaban J connectivity index is 1.96. The van der Waals surface area contributed by atoms with Crippen molar-refractivity contribution in [3.8, 4) is 0 Å². The maximum Gasteiger partial charge on any atom is 0.243 e. The Kier molecular flexibility index (Phi) is 7.37. The van der Waals surface area contributed by atoms with E-state index in [1.54, 1.807) is 65.0 Å². The van der Waals surface area contributed by atoms with Gasteiger partial charge in [0.25, 0.3) is 0 Å². The van der Waals surface area contributed by atoms with Crippen LogP contribution in [0.3, 0.4) is 0 Å². The minimum atomic E-state index is -4.11. The average molecular weight is 529 g/mol. The van der Waals surface area contributed by atoms with Gasteiger partial charge >= 0.3 is 0 Å². The van der Waals surface area contributed by atoms with E-state index in [0.29, 0.717) is 11.1 Å². The van der Waals surface area contributed by atoms with Crippen LogP contribution in [0.25, 0.3) is 0 Å². The molecule has 1 heterocycles. The average Bonchev–Trinajstić information content (AvgIpc) is 3.01. The standard InChI is InChI=1S/C23H32N2O6S3/c1-17-6-8-19(3)21(14-17)33(28,29)24-11-12-25(23(5)10-13-32(26,27)16-23)34(30,31)22-15-18(2)7-9-20(22)4/h6-9,14-15,24H,10-13,16H2,1-5H3/t23-/m0/s1. The Morgan fingerprint density at radius 1 is 0.912 bits per heavy atom.